The number of halogens is 4. The van der Waals surface area contributed by atoms with Crippen molar-refractivity contribution in [3.8, 4) is 5.75 Å². The zero-order valence-electron chi connectivity index (χ0n) is 7.56. The lowest BCUT2D eigenvalue weighted by Gasteiger charge is -2.08. The molecule has 0 spiro atoms. The maximum absolute atomic E-state index is 12.7. The molecule has 6 heteroatoms. The van der Waals surface area contributed by atoms with Crippen molar-refractivity contribution in [2.24, 2.45) is 0 Å². The number of carbonyl (C=O) groups excluding carboxylic acids is 1. The Kier molecular flexibility index (Phi) is 2.97. The number of carbonyl (C=O) groups is 1. The second-order valence-electron chi connectivity index (χ2n) is 2.77. The third-order valence-electron chi connectivity index (χ3n) is 1.46. The van der Waals surface area contributed by atoms with Crippen LogP contribution in [0.4, 0.5) is 17.6 Å². The van der Waals surface area contributed by atoms with Gasteiger partial charge in [0.05, 0.1) is 5.56 Å². The van der Waals surface area contributed by atoms with Gasteiger partial charge in [-0.3, -0.25) is 4.79 Å². The predicted octanol–water partition coefficient (Wildman–Crippen LogP) is 2.77. The van der Waals surface area contributed by atoms with E-state index in [0.717, 1.165) is 6.92 Å². The monoisotopic (exact) mass is 222 g/mol. The summed E-state index contributed by atoms with van der Waals surface area (Å²) in [5.74, 6) is -2.38. The number of benzene rings is 1. The fourth-order valence-corrected chi connectivity index (χ4v) is 0.951. The summed E-state index contributed by atoms with van der Waals surface area (Å²) >= 11 is 0. The third kappa shape index (κ3) is 3.23. The Hall–Kier alpha value is -1.59. The standard InChI is InChI=1S/C9H6F4O2/c1-5(14)15-8-3-6(9(11,12)13)2-7(10)4-8/h2-4H,1H3. The molecule has 0 aliphatic rings. The fraction of sp³-hybridized carbons (Fsp3) is 0.222. The van der Waals surface area contributed by atoms with Gasteiger partial charge >= 0.3 is 12.1 Å². The molecule has 2 nitrogen and oxygen atoms in total. The first-order valence-corrected chi connectivity index (χ1v) is 3.85. The third-order valence-corrected chi connectivity index (χ3v) is 1.46. The molecular weight excluding hydrogens is 216 g/mol. The smallest absolute Gasteiger partial charge is 0.416 e. The number of hydrogen-bond donors (Lipinski definition) is 0. The highest BCUT2D eigenvalue weighted by molar-refractivity contribution is 5.69. The summed E-state index contributed by atoms with van der Waals surface area (Å²) in [7, 11) is 0. The van der Waals surface area contributed by atoms with Crippen molar-refractivity contribution >= 4 is 5.97 Å². The summed E-state index contributed by atoms with van der Waals surface area (Å²) in [5, 5.41) is 0. The van der Waals surface area contributed by atoms with Crippen LogP contribution in [0.15, 0.2) is 18.2 Å². The van der Waals surface area contributed by atoms with E-state index in [2.05, 4.69) is 4.74 Å². The van der Waals surface area contributed by atoms with E-state index in [1.165, 1.54) is 0 Å². The molecule has 0 heterocycles. The van der Waals surface area contributed by atoms with Crippen LogP contribution in [0, 0.1) is 5.82 Å². The van der Waals surface area contributed by atoms with Crippen molar-refractivity contribution in [2.45, 2.75) is 13.1 Å². The first kappa shape index (κ1) is 11.5. The number of alkyl halides is 3. The Labute approximate surface area is 82.5 Å². The molecule has 0 saturated carbocycles. The SMILES string of the molecule is CC(=O)Oc1cc(F)cc(C(F)(F)F)c1. The molecular formula is C9H6F4O2. The summed E-state index contributed by atoms with van der Waals surface area (Å²) < 4.78 is 53.6. The molecule has 0 N–H and O–H groups in total. The van der Waals surface area contributed by atoms with Crippen molar-refractivity contribution in [3.05, 3.63) is 29.6 Å². The molecule has 0 aromatic heterocycles. The molecule has 1 aromatic rings. The molecule has 0 bridgehead atoms. The molecule has 0 fully saturated rings. The summed E-state index contributed by atoms with van der Waals surface area (Å²) in [6.45, 7) is 1.01. The summed E-state index contributed by atoms with van der Waals surface area (Å²) in [6.07, 6.45) is -4.67. The maximum Gasteiger partial charge on any atom is 0.416 e. The van der Waals surface area contributed by atoms with Gasteiger partial charge in [0.15, 0.2) is 0 Å². The van der Waals surface area contributed by atoms with E-state index in [-0.39, 0.29) is 0 Å². The van der Waals surface area contributed by atoms with Crippen molar-refractivity contribution in [1.29, 1.82) is 0 Å². The van der Waals surface area contributed by atoms with Gasteiger partial charge in [0.25, 0.3) is 0 Å². The number of rotatable bonds is 1. The number of esters is 1. The average molecular weight is 222 g/mol. The Morgan fingerprint density at radius 1 is 1.27 bits per heavy atom. The van der Waals surface area contributed by atoms with Crippen LogP contribution in [0.2, 0.25) is 0 Å². The first-order chi connectivity index (χ1) is 6.79. The van der Waals surface area contributed by atoms with Crippen LogP contribution in [-0.2, 0) is 11.0 Å². The minimum atomic E-state index is -4.67. The Balaban J connectivity index is 3.11. The van der Waals surface area contributed by atoms with Crippen LogP contribution in [0.1, 0.15) is 12.5 Å². The van der Waals surface area contributed by atoms with Crippen molar-refractivity contribution < 1.29 is 27.1 Å². The van der Waals surface area contributed by atoms with Crippen LogP contribution in [0.5, 0.6) is 5.75 Å². The maximum atomic E-state index is 12.7. The van der Waals surface area contributed by atoms with Crippen molar-refractivity contribution in [1.82, 2.24) is 0 Å². The Morgan fingerprint density at radius 3 is 2.33 bits per heavy atom. The van der Waals surface area contributed by atoms with Gasteiger partial charge < -0.3 is 4.74 Å². The zero-order valence-corrected chi connectivity index (χ0v) is 7.56. The van der Waals surface area contributed by atoms with E-state index in [0.29, 0.717) is 18.2 Å². The molecule has 0 atom stereocenters. The molecule has 1 rings (SSSR count). The molecule has 15 heavy (non-hydrogen) atoms. The Bertz CT molecular complexity index is 384. The van der Waals surface area contributed by atoms with Crippen LogP contribution >= 0.6 is 0 Å². The average Bonchev–Trinajstić information content (AvgIpc) is 1.99. The highest BCUT2D eigenvalue weighted by Crippen LogP contribution is 2.32. The first-order valence-electron chi connectivity index (χ1n) is 3.85. The van der Waals surface area contributed by atoms with E-state index in [4.69, 9.17) is 0 Å². The second-order valence-corrected chi connectivity index (χ2v) is 2.77. The topological polar surface area (TPSA) is 26.3 Å². The predicted molar refractivity (Wildman–Crippen MR) is 42.7 cm³/mol. The Morgan fingerprint density at radius 2 is 1.87 bits per heavy atom. The normalized spacial score (nSPS) is 11.3. The molecule has 82 valence electrons. The van der Waals surface area contributed by atoms with E-state index in [1.54, 1.807) is 0 Å². The van der Waals surface area contributed by atoms with E-state index < -0.39 is 29.3 Å². The van der Waals surface area contributed by atoms with Gasteiger partial charge in [0.1, 0.15) is 11.6 Å². The van der Waals surface area contributed by atoms with Crippen molar-refractivity contribution in [2.75, 3.05) is 0 Å². The van der Waals surface area contributed by atoms with Gasteiger partial charge in [-0.1, -0.05) is 0 Å². The van der Waals surface area contributed by atoms with Crippen LogP contribution < -0.4 is 4.74 Å². The summed E-state index contributed by atoms with van der Waals surface area (Å²) in [5.41, 5.74) is -1.20. The van der Waals surface area contributed by atoms with Crippen LogP contribution in [0.25, 0.3) is 0 Å². The second kappa shape index (κ2) is 3.88. The minimum Gasteiger partial charge on any atom is -0.427 e. The van der Waals surface area contributed by atoms with E-state index in [1.807, 2.05) is 0 Å². The van der Waals surface area contributed by atoms with Gasteiger partial charge in [-0.2, -0.15) is 13.2 Å². The number of hydrogen-bond acceptors (Lipinski definition) is 2. The van der Waals surface area contributed by atoms with Crippen LogP contribution in [-0.4, -0.2) is 5.97 Å². The lowest BCUT2D eigenvalue weighted by Crippen LogP contribution is -2.08. The summed E-state index contributed by atoms with van der Waals surface area (Å²) in [6, 6.07) is 1.59. The molecule has 0 aliphatic carbocycles. The highest BCUT2D eigenvalue weighted by atomic mass is 19.4. The number of ether oxygens (including phenoxy) is 1. The largest absolute Gasteiger partial charge is 0.427 e. The van der Waals surface area contributed by atoms with Crippen LogP contribution in [0.3, 0.4) is 0 Å². The molecule has 0 saturated heterocycles. The lowest BCUT2D eigenvalue weighted by molar-refractivity contribution is -0.138. The highest BCUT2D eigenvalue weighted by Gasteiger charge is 2.31. The molecule has 0 aliphatic heterocycles. The van der Waals surface area contributed by atoms with E-state index >= 15 is 0 Å². The summed E-state index contributed by atoms with van der Waals surface area (Å²) in [4.78, 5) is 10.5. The van der Waals surface area contributed by atoms with Gasteiger partial charge in [-0.05, 0) is 12.1 Å². The van der Waals surface area contributed by atoms with E-state index in [9.17, 15) is 22.4 Å². The molecule has 0 unspecified atom stereocenters. The van der Waals surface area contributed by atoms with Gasteiger partial charge in [-0.25, -0.2) is 4.39 Å². The molecule has 0 radical (unpaired) electrons. The molecule has 1 aromatic carbocycles. The van der Waals surface area contributed by atoms with Gasteiger partial charge in [-0.15, -0.1) is 0 Å². The van der Waals surface area contributed by atoms with Gasteiger partial charge in [0.2, 0.25) is 0 Å². The quantitative estimate of drug-likeness (QED) is 0.415. The minimum absolute atomic E-state index is 0.326. The van der Waals surface area contributed by atoms with Gasteiger partial charge in [0, 0.05) is 13.0 Å². The molecule has 0 amide bonds. The lowest BCUT2D eigenvalue weighted by atomic mass is 10.2. The fourth-order valence-electron chi connectivity index (χ4n) is 0.951. The zero-order chi connectivity index (χ0) is 11.6. The van der Waals surface area contributed by atoms with Crippen molar-refractivity contribution in [3.63, 3.8) is 0 Å².